The van der Waals surface area contributed by atoms with Gasteiger partial charge in [0.25, 0.3) is 5.91 Å². The number of anilines is 1. The number of fused-ring (bicyclic) bond motifs is 1. The summed E-state index contributed by atoms with van der Waals surface area (Å²) in [4.78, 5) is 29.1. The number of aliphatic hydroxyl groups is 1. The fourth-order valence-electron chi connectivity index (χ4n) is 5.03. The third-order valence-corrected chi connectivity index (χ3v) is 7.31. The molecule has 3 aromatic heterocycles. The van der Waals surface area contributed by atoms with Gasteiger partial charge in [-0.2, -0.15) is 10.4 Å². The van der Waals surface area contributed by atoms with Crippen molar-refractivity contribution in [3.8, 4) is 17.5 Å². The monoisotopic (exact) mass is 565 g/mol. The molecule has 2 amide bonds. The van der Waals surface area contributed by atoms with Crippen molar-refractivity contribution >= 4 is 23.2 Å². The van der Waals surface area contributed by atoms with Gasteiger partial charge in [0.15, 0.2) is 0 Å². The average Bonchev–Trinajstić information content (AvgIpc) is 3.29. The van der Waals surface area contributed by atoms with Crippen LogP contribution in [0.15, 0.2) is 36.7 Å². The van der Waals surface area contributed by atoms with Crippen LogP contribution in [0.1, 0.15) is 63.4 Å². The van der Waals surface area contributed by atoms with E-state index in [1.807, 2.05) is 32.9 Å². The average molecular weight is 566 g/mol. The Morgan fingerprint density at radius 2 is 1.95 bits per heavy atom. The highest BCUT2D eigenvalue weighted by Crippen LogP contribution is 2.41. The molecule has 1 fully saturated rings. The van der Waals surface area contributed by atoms with E-state index >= 15 is 0 Å². The highest BCUT2D eigenvalue weighted by atomic mass is 19.1. The van der Waals surface area contributed by atoms with Gasteiger partial charge < -0.3 is 26.2 Å². The Morgan fingerprint density at radius 3 is 2.56 bits per heavy atom. The van der Waals surface area contributed by atoms with Crippen molar-refractivity contribution in [2.24, 2.45) is 17.1 Å². The Labute approximate surface area is 237 Å². The van der Waals surface area contributed by atoms with Crippen LogP contribution in [0.3, 0.4) is 0 Å². The van der Waals surface area contributed by atoms with Crippen LogP contribution < -0.4 is 16.4 Å². The smallest absolute Gasteiger partial charge is 0.404 e. The number of alkyl halides is 1. The van der Waals surface area contributed by atoms with Gasteiger partial charge in [-0.25, -0.2) is 13.7 Å². The van der Waals surface area contributed by atoms with E-state index in [-0.39, 0.29) is 35.6 Å². The SMILES string of the molecule is CC(C)(C)C(OC(N)=O)C1CC(Nc2cc(-c3ccc4cc(C#N)cnn34)ncc2C(=O)NC[C@@H](F)C(C)(C)O)C1. The van der Waals surface area contributed by atoms with Crippen molar-refractivity contribution in [1.29, 1.82) is 5.26 Å². The molecule has 4 rings (SSSR count). The van der Waals surface area contributed by atoms with Gasteiger partial charge in [0, 0.05) is 18.2 Å². The second-order valence-corrected chi connectivity index (χ2v) is 12.2. The van der Waals surface area contributed by atoms with Gasteiger partial charge in [-0.05, 0) is 56.4 Å². The number of nitrogens with one attached hydrogen (secondary N) is 2. The quantitative estimate of drug-likeness (QED) is 0.304. The van der Waals surface area contributed by atoms with Crippen molar-refractivity contribution < 1.29 is 23.8 Å². The molecule has 0 aromatic carbocycles. The number of nitriles is 1. The lowest BCUT2D eigenvalue weighted by Gasteiger charge is -2.45. The maximum atomic E-state index is 14.3. The molecule has 3 aromatic rings. The fraction of sp³-hybridized carbons (Fsp3) is 0.483. The van der Waals surface area contributed by atoms with Gasteiger partial charge in [0.1, 0.15) is 18.3 Å². The van der Waals surface area contributed by atoms with Crippen LogP contribution in [0.4, 0.5) is 14.9 Å². The summed E-state index contributed by atoms with van der Waals surface area (Å²) in [5, 5.41) is 29.4. The standard InChI is InChI=1S/C29H36FN7O4/c1-28(2,3)25(41-27(32)39)17-9-18(10-17)36-21-11-22(23-7-6-19-8-16(12-31)13-35-37(19)23)33-14-20(21)26(38)34-15-24(30)29(4,5)40/h6-8,11,13-14,17-18,24-25,40H,9-10,15H2,1-5H3,(H2,32,39)(H,33,36)(H,34,38)/t17?,18?,24-,25?/m1/s1. The van der Waals surface area contributed by atoms with Crippen LogP contribution in [-0.2, 0) is 4.74 Å². The zero-order valence-corrected chi connectivity index (χ0v) is 23.8. The lowest BCUT2D eigenvalue weighted by Crippen LogP contribution is -2.49. The molecule has 12 heteroatoms. The Hall–Kier alpha value is -4.24. The Balaban J connectivity index is 1.61. The summed E-state index contributed by atoms with van der Waals surface area (Å²) in [5.41, 5.74) is 6.42. The van der Waals surface area contributed by atoms with Gasteiger partial charge in [-0.3, -0.25) is 9.78 Å². The zero-order valence-electron chi connectivity index (χ0n) is 23.8. The van der Waals surface area contributed by atoms with Crippen molar-refractivity contribution in [3.63, 3.8) is 0 Å². The number of primary amides is 1. The third-order valence-electron chi connectivity index (χ3n) is 7.31. The van der Waals surface area contributed by atoms with Crippen LogP contribution in [-0.4, -0.2) is 62.2 Å². The molecule has 0 bridgehead atoms. The number of carbonyl (C=O) groups excluding carboxylic acids is 2. The van der Waals surface area contributed by atoms with Crippen LogP contribution in [0.5, 0.6) is 0 Å². The van der Waals surface area contributed by atoms with E-state index in [4.69, 9.17) is 10.5 Å². The maximum absolute atomic E-state index is 14.3. The molecule has 3 heterocycles. The number of halogens is 1. The second-order valence-electron chi connectivity index (χ2n) is 12.2. The molecular formula is C29H36FN7O4. The van der Waals surface area contributed by atoms with Crippen molar-refractivity contribution in [1.82, 2.24) is 19.9 Å². The number of aromatic nitrogens is 3. The van der Waals surface area contributed by atoms with Crippen LogP contribution in [0.2, 0.25) is 0 Å². The Bertz CT molecular complexity index is 1480. The predicted molar refractivity (Wildman–Crippen MR) is 151 cm³/mol. The maximum Gasteiger partial charge on any atom is 0.404 e. The molecule has 0 saturated heterocycles. The number of pyridine rings is 1. The van der Waals surface area contributed by atoms with Gasteiger partial charge in [-0.1, -0.05) is 20.8 Å². The van der Waals surface area contributed by atoms with Gasteiger partial charge in [-0.15, -0.1) is 0 Å². The Morgan fingerprint density at radius 1 is 1.24 bits per heavy atom. The van der Waals surface area contributed by atoms with Crippen molar-refractivity contribution in [2.45, 2.75) is 71.4 Å². The first-order valence-electron chi connectivity index (χ1n) is 13.4. The van der Waals surface area contributed by atoms with Gasteiger partial charge >= 0.3 is 6.09 Å². The van der Waals surface area contributed by atoms with Gasteiger partial charge in [0.2, 0.25) is 0 Å². The Kier molecular flexibility index (Phi) is 8.22. The first-order chi connectivity index (χ1) is 19.2. The van der Waals surface area contributed by atoms with E-state index in [0.29, 0.717) is 41.0 Å². The number of nitrogens with two attached hydrogens (primary N) is 1. The lowest BCUT2D eigenvalue weighted by atomic mass is 9.69. The number of carbonyl (C=O) groups is 2. The summed E-state index contributed by atoms with van der Waals surface area (Å²) < 4.78 is 21.4. The first-order valence-corrected chi connectivity index (χ1v) is 13.4. The fourth-order valence-corrected chi connectivity index (χ4v) is 5.03. The highest BCUT2D eigenvalue weighted by Gasteiger charge is 2.43. The van der Waals surface area contributed by atoms with E-state index in [1.54, 1.807) is 16.6 Å². The summed E-state index contributed by atoms with van der Waals surface area (Å²) in [7, 11) is 0. The highest BCUT2D eigenvalue weighted by molar-refractivity contribution is 6.00. The zero-order chi connectivity index (χ0) is 30.1. The summed E-state index contributed by atoms with van der Waals surface area (Å²) in [6.45, 7) is 8.26. The molecule has 11 nitrogen and oxygen atoms in total. The number of amides is 2. The normalized spacial score (nSPS) is 18.6. The lowest BCUT2D eigenvalue weighted by molar-refractivity contribution is -0.0320. The molecule has 1 aliphatic rings. The minimum atomic E-state index is -1.67. The molecule has 2 atom stereocenters. The van der Waals surface area contributed by atoms with Crippen molar-refractivity contribution in [2.75, 3.05) is 11.9 Å². The van der Waals surface area contributed by atoms with E-state index in [2.05, 4.69) is 26.8 Å². The summed E-state index contributed by atoms with van der Waals surface area (Å²) in [5.74, 6) is -0.471. The largest absolute Gasteiger partial charge is 0.446 e. The van der Waals surface area contributed by atoms with E-state index in [1.165, 1.54) is 26.2 Å². The predicted octanol–water partition coefficient (Wildman–Crippen LogP) is 3.81. The molecule has 1 aliphatic carbocycles. The van der Waals surface area contributed by atoms with E-state index in [0.717, 1.165) is 0 Å². The number of hydrogen-bond donors (Lipinski definition) is 4. The number of hydrogen-bond acceptors (Lipinski definition) is 8. The van der Waals surface area contributed by atoms with Crippen LogP contribution in [0.25, 0.3) is 16.9 Å². The minimum absolute atomic E-state index is 0.0335. The topological polar surface area (TPSA) is 168 Å². The van der Waals surface area contributed by atoms with E-state index < -0.39 is 23.8 Å². The van der Waals surface area contributed by atoms with Crippen LogP contribution >= 0.6 is 0 Å². The minimum Gasteiger partial charge on any atom is -0.446 e. The molecular weight excluding hydrogens is 529 g/mol. The molecule has 0 radical (unpaired) electrons. The summed E-state index contributed by atoms with van der Waals surface area (Å²) in [6, 6.07) is 9.11. The summed E-state index contributed by atoms with van der Waals surface area (Å²) in [6.07, 6.45) is 1.37. The van der Waals surface area contributed by atoms with Crippen LogP contribution in [0, 0.1) is 22.7 Å². The molecule has 0 spiro atoms. The van der Waals surface area contributed by atoms with Gasteiger partial charge in [0.05, 0.1) is 52.1 Å². The number of rotatable bonds is 9. The molecule has 1 saturated carbocycles. The molecule has 0 aliphatic heterocycles. The number of nitrogens with zero attached hydrogens (tertiary/aromatic N) is 4. The molecule has 1 unspecified atom stereocenters. The van der Waals surface area contributed by atoms with Crippen molar-refractivity contribution in [3.05, 3.63) is 47.8 Å². The number of ether oxygens (including phenoxy) is 1. The molecule has 5 N–H and O–H groups in total. The van der Waals surface area contributed by atoms with E-state index in [9.17, 15) is 24.3 Å². The molecule has 218 valence electrons. The first kappa shape index (κ1) is 29.7. The summed E-state index contributed by atoms with van der Waals surface area (Å²) >= 11 is 0. The third kappa shape index (κ3) is 6.74. The second kappa shape index (κ2) is 11.3. The molecule has 41 heavy (non-hydrogen) atoms.